The summed E-state index contributed by atoms with van der Waals surface area (Å²) < 4.78 is 0. The number of aromatic hydroxyl groups is 1. The Kier molecular flexibility index (Phi) is 5.57. The van der Waals surface area contributed by atoms with Gasteiger partial charge in [0.15, 0.2) is 0 Å². The number of hydrogen-bond acceptors (Lipinski definition) is 7. The molecule has 0 atom stereocenters. The standard InChI is InChI=1S/C6H3N3O7.K.H/c10-6-4(8(13)14)1-3(7(11)12)2-5(6)9(15)16;;/h1-2,10H;;. The Hall–Kier alpha value is -1.14. The minimum atomic E-state index is -1.21. The molecule has 17 heavy (non-hydrogen) atoms. The van der Waals surface area contributed by atoms with Crippen LogP contribution in [0.1, 0.15) is 0 Å². The number of phenols is 1. The number of hydrogen-bond donors (Lipinski definition) is 1. The van der Waals surface area contributed by atoms with Crippen LogP contribution >= 0.6 is 0 Å². The van der Waals surface area contributed by atoms with E-state index in [2.05, 4.69) is 0 Å². The van der Waals surface area contributed by atoms with E-state index in [0.717, 1.165) is 0 Å². The van der Waals surface area contributed by atoms with Crippen LogP contribution in [0.3, 0.4) is 0 Å². The number of nitrogens with zero attached hydrogens (tertiary/aromatic N) is 3. The molecule has 0 amide bonds. The number of rotatable bonds is 3. The van der Waals surface area contributed by atoms with E-state index in [9.17, 15) is 30.3 Å². The molecule has 86 valence electrons. The molecule has 0 saturated heterocycles. The van der Waals surface area contributed by atoms with Crippen LogP contribution in [-0.2, 0) is 0 Å². The van der Waals surface area contributed by atoms with Crippen molar-refractivity contribution in [3.8, 4) is 5.75 Å². The fourth-order valence-electron chi connectivity index (χ4n) is 0.974. The molecular formula is C6H4KN3O7. The van der Waals surface area contributed by atoms with Gasteiger partial charge in [-0.15, -0.1) is 0 Å². The van der Waals surface area contributed by atoms with Gasteiger partial charge in [0.1, 0.15) is 0 Å². The van der Waals surface area contributed by atoms with Crippen molar-refractivity contribution < 1.29 is 19.9 Å². The minimum absolute atomic E-state index is 0. The predicted molar refractivity (Wildman–Crippen MR) is 55.2 cm³/mol. The van der Waals surface area contributed by atoms with Crippen molar-refractivity contribution in [2.45, 2.75) is 0 Å². The van der Waals surface area contributed by atoms with Gasteiger partial charge in [-0.2, -0.15) is 0 Å². The molecule has 0 aliphatic heterocycles. The molecule has 11 heteroatoms. The topological polar surface area (TPSA) is 150 Å². The van der Waals surface area contributed by atoms with E-state index in [1.54, 1.807) is 0 Å². The van der Waals surface area contributed by atoms with Gasteiger partial charge in [0.25, 0.3) is 11.4 Å². The van der Waals surface area contributed by atoms with Crippen molar-refractivity contribution in [1.82, 2.24) is 0 Å². The number of non-ortho nitro benzene ring substituents is 1. The van der Waals surface area contributed by atoms with E-state index in [0.29, 0.717) is 12.1 Å². The zero-order valence-corrected chi connectivity index (χ0v) is 7.39. The van der Waals surface area contributed by atoms with Gasteiger partial charge < -0.3 is 5.11 Å². The van der Waals surface area contributed by atoms with Gasteiger partial charge in [-0.05, 0) is 0 Å². The van der Waals surface area contributed by atoms with Crippen LogP contribution in [0.2, 0.25) is 0 Å². The van der Waals surface area contributed by atoms with Crippen LogP contribution < -0.4 is 0 Å². The first-order chi connectivity index (χ1) is 7.34. The van der Waals surface area contributed by atoms with Crippen LogP contribution in [0.4, 0.5) is 17.1 Å². The summed E-state index contributed by atoms with van der Waals surface area (Å²) in [7, 11) is 0. The van der Waals surface area contributed by atoms with Crippen molar-refractivity contribution in [1.29, 1.82) is 0 Å². The summed E-state index contributed by atoms with van der Waals surface area (Å²) in [5.41, 5.74) is -3.00. The maximum atomic E-state index is 10.4. The number of nitro groups is 3. The summed E-state index contributed by atoms with van der Waals surface area (Å²) in [6.07, 6.45) is 0. The molecule has 0 spiro atoms. The third kappa shape index (κ3) is 3.40. The second-order valence-electron chi connectivity index (χ2n) is 2.60. The molecule has 0 aliphatic carbocycles. The first kappa shape index (κ1) is 15.9. The van der Waals surface area contributed by atoms with Crippen molar-refractivity contribution in [3.05, 3.63) is 42.5 Å². The molecule has 10 nitrogen and oxygen atoms in total. The van der Waals surface area contributed by atoms with Gasteiger partial charge in [0, 0.05) is 0 Å². The van der Waals surface area contributed by atoms with E-state index >= 15 is 0 Å². The van der Waals surface area contributed by atoms with Crippen LogP contribution in [0.15, 0.2) is 12.1 Å². The van der Waals surface area contributed by atoms with Crippen molar-refractivity contribution in [2.24, 2.45) is 0 Å². The Balaban J connectivity index is 0.00000256. The van der Waals surface area contributed by atoms with Gasteiger partial charge in [-0.25, -0.2) is 0 Å². The fourth-order valence-corrected chi connectivity index (χ4v) is 0.974. The summed E-state index contributed by atoms with van der Waals surface area (Å²) in [6.45, 7) is 0. The molecule has 0 heterocycles. The Morgan fingerprint density at radius 3 is 1.47 bits per heavy atom. The average Bonchev–Trinajstić information content (AvgIpc) is 2.16. The van der Waals surface area contributed by atoms with Crippen molar-refractivity contribution in [3.63, 3.8) is 0 Å². The van der Waals surface area contributed by atoms with E-state index in [4.69, 9.17) is 5.11 Å². The van der Waals surface area contributed by atoms with Gasteiger partial charge in [0.2, 0.25) is 0 Å². The first-order valence-electron chi connectivity index (χ1n) is 3.64. The average molecular weight is 269 g/mol. The van der Waals surface area contributed by atoms with E-state index in [1.807, 2.05) is 0 Å². The SMILES string of the molecule is O=[N+]([O-])c1cc([N+](=O)[O-])c(O)c([N+](=O)[O-])c1.[KH]. The quantitative estimate of drug-likeness (QED) is 0.475. The van der Waals surface area contributed by atoms with Crippen LogP contribution in [0.25, 0.3) is 0 Å². The van der Waals surface area contributed by atoms with Gasteiger partial charge in [-0.1, -0.05) is 0 Å². The second-order valence-corrected chi connectivity index (χ2v) is 2.60. The monoisotopic (exact) mass is 269 g/mol. The third-order valence-electron chi connectivity index (χ3n) is 1.66. The summed E-state index contributed by atoms with van der Waals surface area (Å²) in [5.74, 6) is -1.21. The number of nitro benzene ring substituents is 3. The fraction of sp³-hybridized carbons (Fsp3) is 0. The maximum absolute atomic E-state index is 10.4. The molecular weight excluding hydrogens is 265 g/mol. The Morgan fingerprint density at radius 1 is 0.882 bits per heavy atom. The van der Waals surface area contributed by atoms with Crippen LogP contribution in [0, 0.1) is 30.3 Å². The number of phenolic OH excluding ortho intramolecular Hbond substituents is 1. The van der Waals surface area contributed by atoms with E-state index in [1.165, 1.54) is 0 Å². The molecule has 1 aromatic rings. The summed E-state index contributed by atoms with van der Waals surface area (Å²) in [4.78, 5) is 27.8. The Bertz CT molecular complexity index is 467. The normalized spacial score (nSPS) is 9.18. The van der Waals surface area contributed by atoms with Gasteiger partial charge >= 0.3 is 62.8 Å². The predicted octanol–water partition coefficient (Wildman–Crippen LogP) is 0.468. The summed E-state index contributed by atoms with van der Waals surface area (Å²) in [6, 6.07) is 0.894. The third-order valence-corrected chi connectivity index (χ3v) is 1.66. The molecule has 0 unspecified atom stereocenters. The molecule has 0 aliphatic rings. The molecule has 1 N–H and O–H groups in total. The van der Waals surface area contributed by atoms with Crippen LogP contribution in [-0.4, -0.2) is 71.3 Å². The molecule has 0 saturated carbocycles. The Morgan fingerprint density at radius 2 is 1.24 bits per heavy atom. The zero-order valence-electron chi connectivity index (χ0n) is 7.39. The zero-order chi connectivity index (χ0) is 12.5. The second kappa shape index (κ2) is 5.97. The molecule has 0 radical (unpaired) electrons. The first-order valence-corrected chi connectivity index (χ1v) is 3.64. The Labute approximate surface area is 135 Å². The molecule has 1 aromatic carbocycles. The summed E-state index contributed by atoms with van der Waals surface area (Å²) in [5, 5.41) is 40.2. The molecule has 1 rings (SSSR count). The molecule has 0 fully saturated rings. The van der Waals surface area contributed by atoms with E-state index < -0.39 is 37.6 Å². The molecule has 0 aromatic heterocycles. The van der Waals surface area contributed by atoms with E-state index in [-0.39, 0.29) is 51.4 Å². The number of benzene rings is 1. The van der Waals surface area contributed by atoms with Crippen molar-refractivity contribution >= 4 is 68.4 Å². The van der Waals surface area contributed by atoms with Gasteiger partial charge in [-0.3, -0.25) is 30.3 Å². The van der Waals surface area contributed by atoms with Crippen LogP contribution in [0.5, 0.6) is 5.75 Å². The van der Waals surface area contributed by atoms with Crippen molar-refractivity contribution in [2.75, 3.05) is 0 Å². The van der Waals surface area contributed by atoms with Gasteiger partial charge in [0.05, 0.1) is 26.9 Å². The molecule has 0 bridgehead atoms. The summed E-state index contributed by atoms with van der Waals surface area (Å²) >= 11 is 0.